The third kappa shape index (κ3) is 5.11. The Balaban J connectivity index is 1.91. The number of ether oxygens (including phenoxy) is 1. The van der Waals surface area contributed by atoms with Crippen molar-refractivity contribution in [3.63, 3.8) is 0 Å². The van der Waals surface area contributed by atoms with Crippen molar-refractivity contribution in [2.45, 2.75) is 20.0 Å². The molecule has 0 unspecified atom stereocenters. The Labute approximate surface area is 138 Å². The summed E-state index contributed by atoms with van der Waals surface area (Å²) in [6.07, 6.45) is 0. The highest BCUT2D eigenvalue weighted by atomic mass is 16.5. The van der Waals surface area contributed by atoms with E-state index in [-0.39, 0.29) is 5.91 Å². The number of nitrogens with one attached hydrogen (secondary N) is 1. The summed E-state index contributed by atoms with van der Waals surface area (Å²) in [7, 11) is 3.73. The molecular weight excluding hydrogens is 288 g/mol. The minimum Gasteiger partial charge on any atom is -0.494 e. The van der Waals surface area contributed by atoms with Gasteiger partial charge in [0.1, 0.15) is 5.75 Å². The zero-order chi connectivity index (χ0) is 16.7. The van der Waals surface area contributed by atoms with Crippen molar-refractivity contribution in [2.24, 2.45) is 0 Å². The second-order valence-corrected chi connectivity index (χ2v) is 5.53. The van der Waals surface area contributed by atoms with Gasteiger partial charge in [0.05, 0.1) is 6.61 Å². The zero-order valence-corrected chi connectivity index (χ0v) is 14.0. The van der Waals surface area contributed by atoms with Gasteiger partial charge in [0, 0.05) is 25.7 Å². The number of benzene rings is 2. The van der Waals surface area contributed by atoms with E-state index in [4.69, 9.17) is 4.74 Å². The number of hydrogen-bond donors (Lipinski definition) is 1. The number of nitrogens with zero attached hydrogens (tertiary/aromatic N) is 1. The van der Waals surface area contributed by atoms with Crippen molar-refractivity contribution >= 4 is 5.91 Å². The van der Waals surface area contributed by atoms with Crippen LogP contribution in [0.3, 0.4) is 0 Å². The van der Waals surface area contributed by atoms with Gasteiger partial charge in [0.2, 0.25) is 0 Å². The molecule has 0 spiro atoms. The molecule has 0 fully saturated rings. The van der Waals surface area contributed by atoms with E-state index in [1.807, 2.05) is 43.3 Å². The van der Waals surface area contributed by atoms with Gasteiger partial charge in [-0.05, 0) is 49.4 Å². The maximum atomic E-state index is 11.5. The smallest absolute Gasteiger partial charge is 0.251 e. The number of hydrogen-bond acceptors (Lipinski definition) is 3. The fraction of sp³-hybridized carbons (Fsp3) is 0.316. The average Bonchev–Trinajstić information content (AvgIpc) is 2.57. The van der Waals surface area contributed by atoms with Crippen LogP contribution < -0.4 is 10.1 Å². The molecule has 0 saturated heterocycles. The lowest BCUT2D eigenvalue weighted by Crippen LogP contribution is -2.19. The van der Waals surface area contributed by atoms with Gasteiger partial charge < -0.3 is 10.1 Å². The van der Waals surface area contributed by atoms with Crippen LogP contribution in [0, 0.1) is 0 Å². The first-order valence-electron chi connectivity index (χ1n) is 7.83. The van der Waals surface area contributed by atoms with Crippen molar-refractivity contribution in [3.05, 3.63) is 65.2 Å². The fourth-order valence-corrected chi connectivity index (χ4v) is 2.44. The molecule has 0 aliphatic heterocycles. The van der Waals surface area contributed by atoms with Crippen molar-refractivity contribution in [1.29, 1.82) is 0 Å². The molecule has 0 aliphatic rings. The summed E-state index contributed by atoms with van der Waals surface area (Å²) >= 11 is 0. The van der Waals surface area contributed by atoms with Crippen molar-refractivity contribution in [1.82, 2.24) is 10.2 Å². The number of carbonyl (C=O) groups excluding carboxylic acids is 1. The molecule has 0 saturated carbocycles. The van der Waals surface area contributed by atoms with E-state index in [1.54, 1.807) is 7.05 Å². The first-order chi connectivity index (χ1) is 11.1. The lowest BCUT2D eigenvalue weighted by Gasteiger charge is -2.17. The van der Waals surface area contributed by atoms with Crippen LogP contribution in [0.25, 0.3) is 0 Å². The van der Waals surface area contributed by atoms with Crippen LogP contribution in [-0.2, 0) is 13.1 Å². The molecule has 0 heterocycles. The Bertz CT molecular complexity index is 621. The highest BCUT2D eigenvalue weighted by molar-refractivity contribution is 5.93. The lowest BCUT2D eigenvalue weighted by molar-refractivity contribution is 0.0963. The molecule has 4 nitrogen and oxygen atoms in total. The molecule has 0 atom stereocenters. The third-order valence-corrected chi connectivity index (χ3v) is 3.58. The molecule has 2 rings (SSSR count). The Hall–Kier alpha value is -2.33. The standard InChI is InChI=1S/C19H24N2O2/c1-4-23-18-11-7-16(8-12-18)14-21(3)13-15-5-9-17(10-6-15)19(22)20-2/h5-12H,4,13-14H2,1-3H3,(H,20,22). The predicted octanol–water partition coefficient (Wildman–Crippen LogP) is 3.08. The highest BCUT2D eigenvalue weighted by Gasteiger charge is 2.05. The van der Waals surface area contributed by atoms with Gasteiger partial charge in [-0.25, -0.2) is 0 Å². The van der Waals surface area contributed by atoms with Crippen LogP contribution in [0.4, 0.5) is 0 Å². The first kappa shape index (κ1) is 17.0. The van der Waals surface area contributed by atoms with Gasteiger partial charge in [-0.1, -0.05) is 24.3 Å². The van der Waals surface area contributed by atoms with Gasteiger partial charge in [-0.15, -0.1) is 0 Å². The zero-order valence-electron chi connectivity index (χ0n) is 14.0. The number of amides is 1. The molecule has 0 bridgehead atoms. The lowest BCUT2D eigenvalue weighted by atomic mass is 10.1. The average molecular weight is 312 g/mol. The maximum Gasteiger partial charge on any atom is 0.251 e. The molecule has 0 aromatic heterocycles. The molecule has 0 aliphatic carbocycles. The van der Waals surface area contributed by atoms with Gasteiger partial charge in [-0.3, -0.25) is 9.69 Å². The van der Waals surface area contributed by atoms with Gasteiger partial charge in [0.15, 0.2) is 0 Å². The fourth-order valence-electron chi connectivity index (χ4n) is 2.44. The molecular formula is C19H24N2O2. The summed E-state index contributed by atoms with van der Waals surface area (Å²) < 4.78 is 5.45. The maximum absolute atomic E-state index is 11.5. The Morgan fingerprint density at radius 1 is 1.00 bits per heavy atom. The van der Waals surface area contributed by atoms with Crippen LogP contribution >= 0.6 is 0 Å². The Morgan fingerprint density at radius 2 is 1.52 bits per heavy atom. The largest absolute Gasteiger partial charge is 0.494 e. The third-order valence-electron chi connectivity index (χ3n) is 3.58. The molecule has 0 radical (unpaired) electrons. The molecule has 2 aromatic carbocycles. The predicted molar refractivity (Wildman–Crippen MR) is 92.6 cm³/mol. The quantitative estimate of drug-likeness (QED) is 0.854. The Morgan fingerprint density at radius 3 is 2.00 bits per heavy atom. The van der Waals surface area contributed by atoms with Crippen LogP contribution in [0.2, 0.25) is 0 Å². The second-order valence-electron chi connectivity index (χ2n) is 5.53. The topological polar surface area (TPSA) is 41.6 Å². The van der Waals surface area contributed by atoms with E-state index in [1.165, 1.54) is 11.1 Å². The van der Waals surface area contributed by atoms with E-state index in [0.29, 0.717) is 12.2 Å². The van der Waals surface area contributed by atoms with Gasteiger partial charge in [0.25, 0.3) is 5.91 Å². The summed E-state index contributed by atoms with van der Waals surface area (Å²) in [6, 6.07) is 15.9. The van der Waals surface area contributed by atoms with Crippen LogP contribution in [0.15, 0.2) is 48.5 Å². The van der Waals surface area contributed by atoms with Crippen LogP contribution in [0.1, 0.15) is 28.4 Å². The number of carbonyl (C=O) groups is 1. The number of rotatable bonds is 7. The minimum atomic E-state index is -0.0562. The van der Waals surface area contributed by atoms with Crippen LogP contribution in [-0.4, -0.2) is 31.5 Å². The molecule has 1 N–H and O–H groups in total. The molecule has 1 amide bonds. The van der Waals surface area contributed by atoms with E-state index in [2.05, 4.69) is 29.4 Å². The minimum absolute atomic E-state index is 0.0562. The van der Waals surface area contributed by atoms with Crippen molar-refractivity contribution in [2.75, 3.05) is 20.7 Å². The summed E-state index contributed by atoms with van der Waals surface area (Å²) in [4.78, 5) is 13.8. The van der Waals surface area contributed by atoms with Crippen molar-refractivity contribution < 1.29 is 9.53 Å². The summed E-state index contributed by atoms with van der Waals surface area (Å²) in [5.41, 5.74) is 3.12. The first-order valence-corrected chi connectivity index (χ1v) is 7.83. The second kappa shape index (κ2) is 8.34. The monoisotopic (exact) mass is 312 g/mol. The summed E-state index contributed by atoms with van der Waals surface area (Å²) in [6.45, 7) is 4.37. The highest BCUT2D eigenvalue weighted by Crippen LogP contribution is 2.14. The van der Waals surface area contributed by atoms with Crippen molar-refractivity contribution in [3.8, 4) is 5.75 Å². The van der Waals surface area contributed by atoms with Crippen LogP contribution in [0.5, 0.6) is 5.75 Å². The summed E-state index contributed by atoms with van der Waals surface area (Å²) in [5, 5.41) is 2.63. The SMILES string of the molecule is CCOc1ccc(CN(C)Cc2ccc(C(=O)NC)cc2)cc1. The van der Waals surface area contributed by atoms with E-state index >= 15 is 0 Å². The Kier molecular flexibility index (Phi) is 6.18. The molecule has 23 heavy (non-hydrogen) atoms. The molecule has 2 aromatic rings. The van der Waals surface area contributed by atoms with E-state index < -0.39 is 0 Å². The van der Waals surface area contributed by atoms with E-state index in [9.17, 15) is 4.79 Å². The van der Waals surface area contributed by atoms with Gasteiger partial charge >= 0.3 is 0 Å². The van der Waals surface area contributed by atoms with E-state index in [0.717, 1.165) is 18.8 Å². The molecule has 4 heteroatoms. The summed E-state index contributed by atoms with van der Waals surface area (Å²) in [5.74, 6) is 0.850. The normalized spacial score (nSPS) is 10.6. The molecule has 122 valence electrons. The van der Waals surface area contributed by atoms with Gasteiger partial charge in [-0.2, -0.15) is 0 Å².